The molecule has 2 N–H and O–H groups in total. The van der Waals surface area contributed by atoms with E-state index in [2.05, 4.69) is 35.3 Å². The van der Waals surface area contributed by atoms with Crippen molar-refractivity contribution in [2.75, 3.05) is 32.1 Å². The van der Waals surface area contributed by atoms with Gasteiger partial charge in [-0.2, -0.15) is 0 Å². The fourth-order valence-electron chi connectivity index (χ4n) is 3.23. The van der Waals surface area contributed by atoms with Crippen LogP contribution in [0.15, 0.2) is 18.2 Å². The summed E-state index contributed by atoms with van der Waals surface area (Å²) in [5, 5.41) is 12.2. The van der Waals surface area contributed by atoms with Crippen LogP contribution in [0.4, 0.5) is 10.5 Å². The fourth-order valence-corrected chi connectivity index (χ4v) is 3.23. The first-order valence-corrected chi connectivity index (χ1v) is 8.45. The van der Waals surface area contributed by atoms with Gasteiger partial charge in [0.1, 0.15) is 0 Å². The van der Waals surface area contributed by atoms with Crippen LogP contribution in [0.25, 0.3) is 0 Å². The number of hydrogen-bond acceptors (Lipinski definition) is 3. The minimum absolute atomic E-state index is 0.0200. The third-order valence-electron chi connectivity index (χ3n) is 4.50. The Kier molecular flexibility index (Phi) is 6.28. The van der Waals surface area contributed by atoms with Gasteiger partial charge in [0.25, 0.3) is 0 Å². The standard InChI is InChI=1S/C18H29N3O2/c1-14-7-8-15(17(12-14)20(2)3)13-19-18(23)21-10-5-4-6-16(21)9-11-22/h7-8,12,16,22H,4-6,9-11,13H2,1-3H3,(H,19,23). The van der Waals surface area contributed by atoms with E-state index in [1.54, 1.807) is 0 Å². The molecule has 1 unspecified atom stereocenters. The van der Waals surface area contributed by atoms with Crippen molar-refractivity contribution in [2.45, 2.75) is 45.2 Å². The molecule has 1 aliphatic rings. The lowest BCUT2D eigenvalue weighted by molar-refractivity contribution is 0.131. The van der Waals surface area contributed by atoms with Crippen LogP contribution in [0.1, 0.15) is 36.8 Å². The number of aliphatic hydroxyl groups is 1. The number of aryl methyl sites for hydroxylation is 1. The van der Waals surface area contributed by atoms with Crippen LogP contribution in [0.3, 0.4) is 0 Å². The van der Waals surface area contributed by atoms with Crippen LogP contribution < -0.4 is 10.2 Å². The summed E-state index contributed by atoms with van der Waals surface area (Å²) >= 11 is 0. The van der Waals surface area contributed by atoms with Crippen LogP contribution in [-0.2, 0) is 6.54 Å². The Bertz CT molecular complexity index is 529. The van der Waals surface area contributed by atoms with E-state index in [1.807, 2.05) is 19.0 Å². The molecule has 0 spiro atoms. The van der Waals surface area contributed by atoms with Gasteiger partial charge in [-0.15, -0.1) is 0 Å². The number of amides is 2. The topological polar surface area (TPSA) is 55.8 Å². The second kappa shape index (κ2) is 8.20. The van der Waals surface area contributed by atoms with Crippen molar-refractivity contribution in [2.24, 2.45) is 0 Å². The van der Waals surface area contributed by atoms with Gasteiger partial charge < -0.3 is 20.2 Å². The monoisotopic (exact) mass is 319 g/mol. The summed E-state index contributed by atoms with van der Waals surface area (Å²) in [5.74, 6) is 0. The van der Waals surface area contributed by atoms with Gasteiger partial charge in [-0.3, -0.25) is 0 Å². The SMILES string of the molecule is Cc1ccc(CNC(=O)N2CCCCC2CCO)c(N(C)C)c1. The molecule has 128 valence electrons. The zero-order valence-corrected chi connectivity index (χ0v) is 14.5. The summed E-state index contributed by atoms with van der Waals surface area (Å²) in [6.45, 7) is 3.51. The van der Waals surface area contributed by atoms with E-state index in [-0.39, 0.29) is 18.7 Å². The molecular weight excluding hydrogens is 290 g/mol. The van der Waals surface area contributed by atoms with Crippen LogP contribution in [0.5, 0.6) is 0 Å². The van der Waals surface area contributed by atoms with Gasteiger partial charge >= 0.3 is 6.03 Å². The molecule has 23 heavy (non-hydrogen) atoms. The molecule has 0 aromatic heterocycles. The summed E-state index contributed by atoms with van der Waals surface area (Å²) in [7, 11) is 4.03. The molecule has 0 aliphatic carbocycles. The number of urea groups is 1. The number of likely N-dealkylation sites (tertiary alicyclic amines) is 1. The third kappa shape index (κ3) is 4.61. The Labute approximate surface area is 139 Å². The summed E-state index contributed by atoms with van der Waals surface area (Å²) < 4.78 is 0. The van der Waals surface area contributed by atoms with Gasteiger partial charge in [0.2, 0.25) is 0 Å². The number of carbonyl (C=O) groups is 1. The Hall–Kier alpha value is -1.75. The number of benzene rings is 1. The van der Waals surface area contributed by atoms with E-state index in [4.69, 9.17) is 0 Å². The number of anilines is 1. The van der Waals surface area contributed by atoms with Crippen molar-refractivity contribution in [1.29, 1.82) is 0 Å². The average Bonchev–Trinajstić information content (AvgIpc) is 2.54. The molecule has 2 amide bonds. The maximum atomic E-state index is 12.5. The minimum atomic E-state index is -0.0200. The van der Waals surface area contributed by atoms with Crippen molar-refractivity contribution in [3.8, 4) is 0 Å². The number of piperidine rings is 1. The first-order chi connectivity index (χ1) is 11.0. The predicted molar refractivity (Wildman–Crippen MR) is 93.8 cm³/mol. The second-order valence-corrected chi connectivity index (χ2v) is 6.54. The highest BCUT2D eigenvalue weighted by molar-refractivity contribution is 5.75. The number of hydrogen-bond donors (Lipinski definition) is 2. The van der Waals surface area contributed by atoms with E-state index >= 15 is 0 Å². The number of rotatable bonds is 5. The summed E-state index contributed by atoms with van der Waals surface area (Å²) in [4.78, 5) is 16.5. The molecule has 0 radical (unpaired) electrons. The van der Waals surface area contributed by atoms with Gasteiger partial charge in [0.15, 0.2) is 0 Å². The van der Waals surface area contributed by atoms with Crippen molar-refractivity contribution in [3.05, 3.63) is 29.3 Å². The largest absolute Gasteiger partial charge is 0.396 e. The lowest BCUT2D eigenvalue weighted by Crippen LogP contribution is -2.48. The van der Waals surface area contributed by atoms with E-state index in [0.29, 0.717) is 13.0 Å². The predicted octanol–water partition coefficient (Wildman–Crippen LogP) is 2.51. The molecule has 0 bridgehead atoms. The molecule has 1 aromatic carbocycles. The second-order valence-electron chi connectivity index (χ2n) is 6.54. The van der Waals surface area contributed by atoms with Crippen molar-refractivity contribution >= 4 is 11.7 Å². The molecule has 5 nitrogen and oxygen atoms in total. The highest BCUT2D eigenvalue weighted by Gasteiger charge is 2.26. The fraction of sp³-hybridized carbons (Fsp3) is 0.611. The quantitative estimate of drug-likeness (QED) is 0.877. The van der Waals surface area contributed by atoms with Gasteiger partial charge in [-0.25, -0.2) is 4.79 Å². The van der Waals surface area contributed by atoms with E-state index in [9.17, 15) is 9.90 Å². The van der Waals surface area contributed by atoms with Crippen LogP contribution in [0.2, 0.25) is 0 Å². The van der Waals surface area contributed by atoms with Crippen LogP contribution in [0, 0.1) is 6.92 Å². The smallest absolute Gasteiger partial charge is 0.317 e. The zero-order valence-electron chi connectivity index (χ0n) is 14.5. The summed E-state index contributed by atoms with van der Waals surface area (Å²) in [6.07, 6.45) is 3.84. The molecule has 1 aromatic rings. The van der Waals surface area contributed by atoms with Crippen molar-refractivity contribution < 1.29 is 9.90 Å². The highest BCUT2D eigenvalue weighted by atomic mass is 16.3. The molecular formula is C18H29N3O2. The molecule has 0 saturated carbocycles. The van der Waals surface area contributed by atoms with Crippen LogP contribution in [-0.4, -0.2) is 49.3 Å². The molecule has 1 heterocycles. The normalized spacial score (nSPS) is 17.9. The van der Waals surface area contributed by atoms with Crippen molar-refractivity contribution in [3.63, 3.8) is 0 Å². The minimum Gasteiger partial charge on any atom is -0.396 e. The Balaban J connectivity index is 2.01. The Morgan fingerprint density at radius 3 is 2.87 bits per heavy atom. The first kappa shape index (κ1) is 17.6. The van der Waals surface area contributed by atoms with E-state index < -0.39 is 0 Å². The number of nitrogens with zero attached hydrogens (tertiary/aromatic N) is 2. The van der Waals surface area contributed by atoms with Crippen LogP contribution >= 0.6 is 0 Å². The highest BCUT2D eigenvalue weighted by Crippen LogP contribution is 2.22. The van der Waals surface area contributed by atoms with Gasteiger partial charge in [0, 0.05) is 45.5 Å². The van der Waals surface area contributed by atoms with Gasteiger partial charge in [0.05, 0.1) is 0 Å². The van der Waals surface area contributed by atoms with E-state index in [0.717, 1.165) is 37.1 Å². The zero-order chi connectivity index (χ0) is 16.8. The third-order valence-corrected chi connectivity index (χ3v) is 4.50. The van der Waals surface area contributed by atoms with Crippen molar-refractivity contribution in [1.82, 2.24) is 10.2 Å². The molecule has 1 aliphatic heterocycles. The molecule has 1 atom stereocenters. The average molecular weight is 319 g/mol. The Morgan fingerprint density at radius 2 is 2.17 bits per heavy atom. The lowest BCUT2D eigenvalue weighted by atomic mass is 10.00. The maximum absolute atomic E-state index is 12.5. The number of aliphatic hydroxyl groups excluding tert-OH is 1. The first-order valence-electron chi connectivity index (χ1n) is 8.45. The van der Waals surface area contributed by atoms with Gasteiger partial charge in [-0.05, 0) is 49.8 Å². The molecule has 1 saturated heterocycles. The maximum Gasteiger partial charge on any atom is 0.317 e. The number of carbonyl (C=O) groups excluding carboxylic acids is 1. The lowest BCUT2D eigenvalue weighted by Gasteiger charge is -2.35. The van der Waals surface area contributed by atoms with E-state index in [1.165, 1.54) is 5.56 Å². The molecule has 1 fully saturated rings. The van der Waals surface area contributed by atoms with Gasteiger partial charge in [-0.1, -0.05) is 12.1 Å². The summed E-state index contributed by atoms with van der Waals surface area (Å²) in [6, 6.07) is 6.43. The Morgan fingerprint density at radius 1 is 1.39 bits per heavy atom. The molecule has 2 rings (SSSR count). The summed E-state index contributed by atoms with van der Waals surface area (Å²) in [5.41, 5.74) is 3.46. The number of nitrogens with one attached hydrogen (secondary N) is 1. The molecule has 5 heteroatoms.